The second-order valence-corrected chi connectivity index (χ2v) is 6.38. The van der Waals surface area contributed by atoms with Crippen molar-refractivity contribution < 1.29 is 4.21 Å². The molecule has 5 heteroatoms. The number of aromatic nitrogens is 2. The van der Waals surface area contributed by atoms with E-state index in [9.17, 15) is 4.21 Å². The molecule has 0 aromatic carbocycles. The monoisotopic (exact) mass is 253 g/mol. The molecule has 1 unspecified atom stereocenters. The van der Waals surface area contributed by atoms with E-state index in [1.54, 1.807) is 12.4 Å². The Labute approximate surface area is 105 Å². The Morgan fingerprint density at radius 2 is 2.00 bits per heavy atom. The molecule has 1 atom stereocenters. The third kappa shape index (κ3) is 2.34. The molecule has 2 rings (SSSR count). The largest absolute Gasteiger partial charge is 0.338 e. The first-order valence-electron chi connectivity index (χ1n) is 6.12. The van der Waals surface area contributed by atoms with Gasteiger partial charge in [-0.05, 0) is 18.9 Å². The maximum absolute atomic E-state index is 12.2. The standard InChI is InChI=1S/C12H19N3OS/c1-3-12(4-2)10-15(8-9-17(12)16)11-13-6-5-7-14-11/h5-7H,3-4,8-10H2,1-2H3. The summed E-state index contributed by atoms with van der Waals surface area (Å²) >= 11 is 0. The SMILES string of the molecule is CCC1(CC)CN(c2ncccn2)CCS1=O. The van der Waals surface area contributed by atoms with Gasteiger partial charge in [0, 0.05) is 42.0 Å². The van der Waals surface area contributed by atoms with Crippen LogP contribution in [0.3, 0.4) is 0 Å². The first kappa shape index (κ1) is 12.5. The molecule has 0 aliphatic carbocycles. The van der Waals surface area contributed by atoms with Gasteiger partial charge in [-0.15, -0.1) is 0 Å². The van der Waals surface area contributed by atoms with Crippen LogP contribution in [0.1, 0.15) is 26.7 Å². The van der Waals surface area contributed by atoms with E-state index < -0.39 is 10.8 Å². The van der Waals surface area contributed by atoms with E-state index in [4.69, 9.17) is 0 Å². The number of hydrogen-bond donors (Lipinski definition) is 0. The number of hydrogen-bond acceptors (Lipinski definition) is 4. The molecule has 1 fully saturated rings. The number of anilines is 1. The fraction of sp³-hybridized carbons (Fsp3) is 0.667. The second-order valence-electron chi connectivity index (χ2n) is 4.41. The minimum absolute atomic E-state index is 0.0859. The zero-order valence-corrected chi connectivity index (χ0v) is 11.2. The Morgan fingerprint density at radius 3 is 2.59 bits per heavy atom. The predicted octanol–water partition coefficient (Wildman–Crippen LogP) is 1.60. The van der Waals surface area contributed by atoms with E-state index in [0.717, 1.165) is 37.6 Å². The van der Waals surface area contributed by atoms with E-state index in [-0.39, 0.29) is 4.75 Å². The van der Waals surface area contributed by atoms with E-state index >= 15 is 0 Å². The molecular weight excluding hydrogens is 234 g/mol. The lowest BCUT2D eigenvalue weighted by Gasteiger charge is -2.41. The summed E-state index contributed by atoms with van der Waals surface area (Å²) in [6, 6.07) is 1.82. The lowest BCUT2D eigenvalue weighted by molar-refractivity contribution is 0.492. The van der Waals surface area contributed by atoms with Crippen LogP contribution < -0.4 is 4.90 Å². The molecular formula is C12H19N3OS. The summed E-state index contributed by atoms with van der Waals surface area (Å²) in [7, 11) is -0.728. The van der Waals surface area contributed by atoms with Crippen molar-refractivity contribution in [2.45, 2.75) is 31.4 Å². The van der Waals surface area contributed by atoms with Crippen molar-refractivity contribution >= 4 is 16.7 Å². The summed E-state index contributed by atoms with van der Waals surface area (Å²) in [5.41, 5.74) is 0. The highest BCUT2D eigenvalue weighted by Crippen LogP contribution is 2.29. The molecule has 1 aliphatic heterocycles. The Kier molecular flexibility index (Phi) is 3.76. The van der Waals surface area contributed by atoms with E-state index in [0.29, 0.717) is 0 Å². The molecule has 0 saturated carbocycles. The van der Waals surface area contributed by atoms with Gasteiger partial charge in [-0.25, -0.2) is 9.97 Å². The highest BCUT2D eigenvalue weighted by atomic mass is 32.2. The molecule has 1 saturated heterocycles. The molecule has 2 heterocycles. The van der Waals surface area contributed by atoms with Crippen molar-refractivity contribution in [1.29, 1.82) is 0 Å². The van der Waals surface area contributed by atoms with Crippen molar-refractivity contribution in [3.63, 3.8) is 0 Å². The Hall–Kier alpha value is -0.970. The minimum atomic E-state index is -0.728. The van der Waals surface area contributed by atoms with Crippen LogP contribution in [0.5, 0.6) is 0 Å². The van der Waals surface area contributed by atoms with Crippen LogP contribution in [-0.4, -0.2) is 37.8 Å². The summed E-state index contributed by atoms with van der Waals surface area (Å²) in [5, 5.41) is 0. The van der Waals surface area contributed by atoms with Gasteiger partial charge in [0.05, 0.1) is 4.75 Å². The van der Waals surface area contributed by atoms with Crippen LogP contribution in [0.15, 0.2) is 18.5 Å². The number of rotatable bonds is 3. The van der Waals surface area contributed by atoms with Crippen LogP contribution in [0, 0.1) is 0 Å². The minimum Gasteiger partial charge on any atom is -0.338 e. The van der Waals surface area contributed by atoms with Gasteiger partial charge in [0.15, 0.2) is 0 Å². The Bertz CT molecular complexity index is 392. The fourth-order valence-electron chi connectivity index (χ4n) is 2.33. The van der Waals surface area contributed by atoms with Crippen molar-refractivity contribution in [3.8, 4) is 0 Å². The Balaban J connectivity index is 2.21. The van der Waals surface area contributed by atoms with Crippen LogP contribution in [0.2, 0.25) is 0 Å². The van der Waals surface area contributed by atoms with Crippen molar-refractivity contribution in [1.82, 2.24) is 9.97 Å². The molecule has 1 aromatic heterocycles. The fourth-order valence-corrected chi connectivity index (χ4v) is 4.09. The molecule has 0 bridgehead atoms. The number of nitrogens with zero attached hydrogens (tertiary/aromatic N) is 3. The zero-order chi connectivity index (χ0) is 12.3. The molecule has 1 aromatic rings. The summed E-state index contributed by atoms with van der Waals surface area (Å²) in [6.07, 6.45) is 5.40. The van der Waals surface area contributed by atoms with Crippen molar-refractivity contribution in [3.05, 3.63) is 18.5 Å². The molecule has 0 radical (unpaired) electrons. The highest BCUT2D eigenvalue weighted by Gasteiger charge is 2.39. The van der Waals surface area contributed by atoms with Gasteiger partial charge in [-0.1, -0.05) is 13.8 Å². The first-order chi connectivity index (χ1) is 8.22. The Morgan fingerprint density at radius 1 is 1.35 bits per heavy atom. The molecule has 17 heavy (non-hydrogen) atoms. The summed E-state index contributed by atoms with van der Waals surface area (Å²) in [5.74, 6) is 1.48. The van der Waals surface area contributed by atoms with Gasteiger partial charge in [0.1, 0.15) is 0 Å². The zero-order valence-electron chi connectivity index (χ0n) is 10.4. The molecule has 1 aliphatic rings. The first-order valence-corrected chi connectivity index (χ1v) is 7.44. The average molecular weight is 253 g/mol. The molecule has 4 nitrogen and oxygen atoms in total. The van der Waals surface area contributed by atoms with E-state index in [1.807, 2.05) is 6.07 Å². The quantitative estimate of drug-likeness (QED) is 0.821. The van der Waals surface area contributed by atoms with Gasteiger partial charge < -0.3 is 4.90 Å². The smallest absolute Gasteiger partial charge is 0.225 e. The van der Waals surface area contributed by atoms with Crippen LogP contribution in [0.4, 0.5) is 5.95 Å². The molecule has 0 N–H and O–H groups in total. The average Bonchev–Trinajstić information content (AvgIpc) is 2.41. The topological polar surface area (TPSA) is 46.1 Å². The molecule has 0 spiro atoms. The summed E-state index contributed by atoms with van der Waals surface area (Å²) in [6.45, 7) is 5.84. The lowest BCUT2D eigenvalue weighted by atomic mass is 10.0. The van der Waals surface area contributed by atoms with Gasteiger partial charge in [-0.3, -0.25) is 4.21 Å². The van der Waals surface area contributed by atoms with Gasteiger partial charge in [0.25, 0.3) is 0 Å². The third-order valence-electron chi connectivity index (χ3n) is 3.63. The summed E-state index contributed by atoms with van der Waals surface area (Å²) in [4.78, 5) is 10.7. The van der Waals surface area contributed by atoms with Crippen LogP contribution in [0.25, 0.3) is 0 Å². The predicted molar refractivity (Wildman–Crippen MR) is 70.6 cm³/mol. The maximum Gasteiger partial charge on any atom is 0.225 e. The van der Waals surface area contributed by atoms with E-state index in [2.05, 4.69) is 28.7 Å². The second kappa shape index (κ2) is 5.12. The van der Waals surface area contributed by atoms with Crippen LogP contribution in [-0.2, 0) is 10.8 Å². The molecule has 0 amide bonds. The normalized spacial score (nSPS) is 23.6. The van der Waals surface area contributed by atoms with Crippen molar-refractivity contribution in [2.75, 3.05) is 23.7 Å². The third-order valence-corrected chi connectivity index (χ3v) is 5.86. The maximum atomic E-state index is 12.2. The van der Waals surface area contributed by atoms with Crippen molar-refractivity contribution in [2.24, 2.45) is 0 Å². The molecule has 94 valence electrons. The van der Waals surface area contributed by atoms with E-state index in [1.165, 1.54) is 0 Å². The summed E-state index contributed by atoms with van der Waals surface area (Å²) < 4.78 is 12.1. The lowest BCUT2D eigenvalue weighted by Crippen LogP contribution is -2.53. The van der Waals surface area contributed by atoms with Gasteiger partial charge in [-0.2, -0.15) is 0 Å². The van der Waals surface area contributed by atoms with Crippen LogP contribution >= 0.6 is 0 Å². The van der Waals surface area contributed by atoms with Gasteiger partial charge >= 0.3 is 0 Å². The van der Waals surface area contributed by atoms with Gasteiger partial charge in [0.2, 0.25) is 5.95 Å². The highest BCUT2D eigenvalue weighted by molar-refractivity contribution is 7.86.